The van der Waals surface area contributed by atoms with E-state index in [0.717, 1.165) is 22.3 Å². The van der Waals surface area contributed by atoms with Gasteiger partial charge in [-0.1, -0.05) is 76.2 Å². The molecule has 38 heavy (non-hydrogen) atoms. The third-order valence-corrected chi connectivity index (χ3v) is 7.63. The second-order valence-corrected chi connectivity index (χ2v) is 11.3. The van der Waals surface area contributed by atoms with Gasteiger partial charge in [-0.25, -0.2) is 4.57 Å². The summed E-state index contributed by atoms with van der Waals surface area (Å²) in [4.78, 5) is 12.6. The molecule has 0 aliphatic carbocycles. The van der Waals surface area contributed by atoms with Crippen LogP contribution in [-0.2, 0) is 15.4 Å². The number of phenolic OH excluding ortho intramolecular Hbond substituents is 2. The SMILES string of the molecule is CC(C)(c1ccc(O)cc1)c1ccc(OP(=O)([O-])Oc2ccc(C(C)(C)c3ccc(O)cc3)cc2)cc1.[Na+]. The molecule has 6 nitrogen and oxygen atoms in total. The largest absolute Gasteiger partial charge is 1.00 e. The van der Waals surface area contributed by atoms with Crippen molar-refractivity contribution in [1.29, 1.82) is 0 Å². The van der Waals surface area contributed by atoms with Crippen LogP contribution >= 0.6 is 7.82 Å². The van der Waals surface area contributed by atoms with Crippen LogP contribution in [0.15, 0.2) is 97.1 Å². The summed E-state index contributed by atoms with van der Waals surface area (Å²) in [7, 11) is -4.68. The van der Waals surface area contributed by atoms with Crippen molar-refractivity contribution in [2.45, 2.75) is 38.5 Å². The topological polar surface area (TPSA) is 99.1 Å². The zero-order valence-electron chi connectivity index (χ0n) is 22.2. The van der Waals surface area contributed by atoms with Crippen molar-refractivity contribution in [2.24, 2.45) is 0 Å². The first-order valence-electron chi connectivity index (χ1n) is 11.9. The number of phosphoric acid groups is 1. The van der Waals surface area contributed by atoms with Crippen LogP contribution in [0.4, 0.5) is 0 Å². The van der Waals surface area contributed by atoms with Gasteiger partial charge in [-0.3, -0.25) is 0 Å². The maximum absolute atomic E-state index is 12.6. The van der Waals surface area contributed by atoms with Crippen molar-refractivity contribution < 1.29 is 58.3 Å². The number of benzene rings is 4. The van der Waals surface area contributed by atoms with Gasteiger partial charge in [0.15, 0.2) is 0 Å². The van der Waals surface area contributed by atoms with Gasteiger partial charge < -0.3 is 24.2 Å². The summed E-state index contributed by atoms with van der Waals surface area (Å²) in [6.07, 6.45) is 0. The molecule has 0 aliphatic rings. The van der Waals surface area contributed by atoms with Crippen LogP contribution < -0.4 is 43.5 Å². The monoisotopic (exact) mass is 540 g/mol. The van der Waals surface area contributed by atoms with E-state index in [1.54, 1.807) is 48.5 Å². The van der Waals surface area contributed by atoms with Crippen LogP contribution in [0.5, 0.6) is 23.0 Å². The molecule has 0 amide bonds. The first-order valence-corrected chi connectivity index (χ1v) is 13.3. The average molecular weight is 541 g/mol. The van der Waals surface area contributed by atoms with Gasteiger partial charge in [0.05, 0.1) is 0 Å². The van der Waals surface area contributed by atoms with Gasteiger partial charge in [0.2, 0.25) is 0 Å². The molecule has 0 saturated heterocycles. The Morgan fingerprint density at radius 2 is 0.789 bits per heavy atom. The zero-order chi connectivity index (χ0) is 26.8. The summed E-state index contributed by atoms with van der Waals surface area (Å²) < 4.78 is 23.0. The van der Waals surface area contributed by atoms with Gasteiger partial charge >= 0.3 is 37.4 Å². The van der Waals surface area contributed by atoms with Crippen molar-refractivity contribution in [3.63, 3.8) is 0 Å². The third kappa shape index (κ3) is 6.82. The maximum atomic E-state index is 12.6. The molecule has 0 saturated carbocycles. The van der Waals surface area contributed by atoms with E-state index in [2.05, 4.69) is 0 Å². The first-order chi connectivity index (χ1) is 17.4. The summed E-state index contributed by atoms with van der Waals surface area (Å²) >= 11 is 0. The van der Waals surface area contributed by atoms with Gasteiger partial charge in [0.1, 0.15) is 23.0 Å². The molecule has 0 fully saturated rings. The number of aromatic hydroxyl groups is 2. The number of phosphoric ester groups is 1. The molecule has 0 aromatic heterocycles. The first kappa shape index (κ1) is 29.8. The molecule has 2 N–H and O–H groups in total. The molecule has 4 rings (SSSR count). The zero-order valence-corrected chi connectivity index (χ0v) is 25.1. The van der Waals surface area contributed by atoms with E-state index in [4.69, 9.17) is 9.05 Å². The Kier molecular flexibility index (Phi) is 9.08. The van der Waals surface area contributed by atoms with Crippen molar-refractivity contribution in [3.05, 3.63) is 119 Å². The minimum Gasteiger partial charge on any atom is -0.736 e. The van der Waals surface area contributed by atoms with Crippen molar-refractivity contribution >= 4 is 7.82 Å². The second kappa shape index (κ2) is 11.6. The Morgan fingerprint density at radius 1 is 0.553 bits per heavy atom. The molecule has 0 heterocycles. The Morgan fingerprint density at radius 3 is 1.05 bits per heavy atom. The van der Waals surface area contributed by atoms with Gasteiger partial charge in [-0.15, -0.1) is 0 Å². The molecule has 8 heteroatoms. The number of rotatable bonds is 8. The summed E-state index contributed by atoms with van der Waals surface area (Å²) in [5.41, 5.74) is 3.21. The van der Waals surface area contributed by atoms with E-state index >= 15 is 0 Å². The summed E-state index contributed by atoms with van der Waals surface area (Å²) in [5.74, 6) is 0.692. The van der Waals surface area contributed by atoms with E-state index in [-0.39, 0.29) is 63.4 Å². The van der Waals surface area contributed by atoms with E-state index in [1.807, 2.05) is 76.2 Å². The van der Waals surface area contributed by atoms with Gasteiger partial charge in [-0.05, 0) is 70.8 Å². The van der Waals surface area contributed by atoms with Crippen molar-refractivity contribution in [3.8, 4) is 23.0 Å². The fraction of sp³-hybridized carbons (Fsp3) is 0.200. The van der Waals surface area contributed by atoms with Crippen LogP contribution in [0.3, 0.4) is 0 Å². The van der Waals surface area contributed by atoms with Crippen LogP contribution in [-0.4, -0.2) is 10.2 Å². The molecule has 4 aromatic rings. The Bertz CT molecular complexity index is 1290. The van der Waals surface area contributed by atoms with Gasteiger partial charge in [-0.2, -0.15) is 0 Å². The molecular weight excluding hydrogens is 510 g/mol. The molecule has 0 bridgehead atoms. The average Bonchev–Trinajstić information content (AvgIpc) is 2.85. The quantitative estimate of drug-likeness (QED) is 0.261. The van der Waals surface area contributed by atoms with Crippen molar-refractivity contribution in [1.82, 2.24) is 0 Å². The minimum absolute atomic E-state index is 0. The Labute approximate surface area is 245 Å². The van der Waals surface area contributed by atoms with Gasteiger partial charge in [0.25, 0.3) is 0 Å². The Hall–Kier alpha value is -2.73. The smallest absolute Gasteiger partial charge is 0.736 e. The fourth-order valence-electron chi connectivity index (χ4n) is 4.23. The van der Waals surface area contributed by atoms with Crippen LogP contribution in [0.2, 0.25) is 0 Å². The van der Waals surface area contributed by atoms with Crippen LogP contribution in [0, 0.1) is 0 Å². The summed E-state index contributed by atoms with van der Waals surface area (Å²) in [5, 5.41) is 19.1. The molecule has 0 spiro atoms. The number of hydrogen-bond donors (Lipinski definition) is 2. The predicted octanol–water partition coefficient (Wildman–Crippen LogP) is 3.68. The standard InChI is InChI=1S/C30H31O6P.Na/c1-29(2,21-5-13-25(31)14-6-21)23-9-17-27(18-10-23)35-37(33,34)36-28-19-11-24(12-20-28)30(3,4)22-7-15-26(32)16-8-22;/h5-20,31-32H,1-4H3,(H,33,34);/q;+1/p-1. The molecule has 0 aliphatic heterocycles. The number of hydrogen-bond acceptors (Lipinski definition) is 6. The normalized spacial score (nSPS) is 11.9. The minimum atomic E-state index is -4.68. The van der Waals surface area contributed by atoms with E-state index in [0.29, 0.717) is 0 Å². The maximum Gasteiger partial charge on any atom is 1.00 e. The molecule has 0 radical (unpaired) electrons. The molecule has 0 atom stereocenters. The van der Waals surface area contributed by atoms with Crippen LogP contribution in [0.25, 0.3) is 0 Å². The van der Waals surface area contributed by atoms with Crippen molar-refractivity contribution in [2.75, 3.05) is 0 Å². The summed E-state index contributed by atoms with van der Waals surface area (Å²) in [6, 6.07) is 27.6. The molecule has 4 aromatic carbocycles. The Balaban J connectivity index is 0.00000400. The summed E-state index contributed by atoms with van der Waals surface area (Å²) in [6.45, 7) is 8.18. The molecular formula is C30H30NaO6P. The van der Waals surface area contributed by atoms with E-state index in [9.17, 15) is 19.7 Å². The van der Waals surface area contributed by atoms with Crippen LogP contribution in [0.1, 0.15) is 49.9 Å². The third-order valence-electron chi connectivity index (χ3n) is 6.76. The van der Waals surface area contributed by atoms with Gasteiger partial charge in [0, 0.05) is 10.8 Å². The van der Waals surface area contributed by atoms with E-state index in [1.165, 1.54) is 0 Å². The van der Waals surface area contributed by atoms with E-state index < -0.39 is 7.82 Å². The molecule has 192 valence electrons. The predicted molar refractivity (Wildman–Crippen MR) is 142 cm³/mol. The fourth-order valence-corrected chi connectivity index (χ4v) is 5.03. The molecule has 0 unspecified atom stereocenters. The second-order valence-electron chi connectivity index (χ2n) is 10.0. The number of phenols is 2.